The number of benzene rings is 1. The van der Waals surface area contributed by atoms with Crippen LogP contribution in [0, 0.1) is 14.8 Å². The molecule has 0 radical (unpaired) electrons. The second-order valence-corrected chi connectivity index (χ2v) is 4.00. The largest absolute Gasteiger partial charge is 0.297 e. The Morgan fingerprint density at radius 2 is 2.06 bits per heavy atom. The number of non-ortho nitro benzene ring substituents is 1. The van der Waals surface area contributed by atoms with Crippen molar-refractivity contribution in [1.29, 1.82) is 0 Å². The van der Waals surface area contributed by atoms with Crippen molar-refractivity contribution in [1.82, 2.24) is 9.78 Å². The predicted octanol–water partition coefficient (Wildman–Crippen LogP) is 3.01. The molecule has 0 saturated heterocycles. The standard InChI is InChI=1S/C11H11N3O2S/c1-2-8-7-11(17)13(12-8)9-3-5-10(6-4-9)14(15)16/h3-7,12H,2H2,1H3. The SMILES string of the molecule is CCc1cc(=S)n(-c2ccc([N+](=O)[O-])cc2)[nH]1. The number of nitro groups is 1. The van der Waals surface area contributed by atoms with Crippen molar-refractivity contribution in [3.8, 4) is 5.69 Å². The number of aryl methyl sites for hydroxylation is 1. The fraction of sp³-hybridized carbons (Fsp3) is 0.182. The zero-order chi connectivity index (χ0) is 12.4. The zero-order valence-electron chi connectivity index (χ0n) is 9.21. The summed E-state index contributed by atoms with van der Waals surface area (Å²) in [4.78, 5) is 10.1. The number of hydrogen-bond donors (Lipinski definition) is 1. The van der Waals surface area contributed by atoms with Crippen LogP contribution < -0.4 is 0 Å². The van der Waals surface area contributed by atoms with Gasteiger partial charge in [-0.2, -0.15) is 0 Å². The lowest BCUT2D eigenvalue weighted by Crippen LogP contribution is -1.97. The predicted molar refractivity (Wildman–Crippen MR) is 67.0 cm³/mol. The summed E-state index contributed by atoms with van der Waals surface area (Å²) in [6.07, 6.45) is 0.865. The minimum absolute atomic E-state index is 0.0718. The lowest BCUT2D eigenvalue weighted by molar-refractivity contribution is -0.384. The molecule has 1 aromatic carbocycles. The first-order valence-corrected chi connectivity index (χ1v) is 5.58. The maximum Gasteiger partial charge on any atom is 0.269 e. The molecular formula is C11H11N3O2S. The Morgan fingerprint density at radius 3 is 2.53 bits per heavy atom. The lowest BCUT2D eigenvalue weighted by Gasteiger charge is -2.02. The minimum atomic E-state index is -0.421. The molecule has 2 aromatic rings. The third kappa shape index (κ3) is 2.26. The average Bonchev–Trinajstić information content (AvgIpc) is 2.71. The van der Waals surface area contributed by atoms with E-state index in [9.17, 15) is 10.1 Å². The van der Waals surface area contributed by atoms with Gasteiger partial charge in [0.1, 0.15) is 4.64 Å². The Labute approximate surface area is 103 Å². The van der Waals surface area contributed by atoms with Gasteiger partial charge in [-0.25, -0.2) is 4.68 Å². The van der Waals surface area contributed by atoms with Crippen LogP contribution in [0.5, 0.6) is 0 Å². The quantitative estimate of drug-likeness (QED) is 0.516. The molecule has 17 heavy (non-hydrogen) atoms. The minimum Gasteiger partial charge on any atom is -0.297 e. The molecule has 0 saturated carbocycles. The average molecular weight is 249 g/mol. The molecule has 0 unspecified atom stereocenters. The van der Waals surface area contributed by atoms with Gasteiger partial charge in [-0.3, -0.25) is 15.2 Å². The summed E-state index contributed by atoms with van der Waals surface area (Å²) in [6.45, 7) is 2.03. The summed E-state index contributed by atoms with van der Waals surface area (Å²) in [6, 6.07) is 8.15. The van der Waals surface area contributed by atoms with Gasteiger partial charge in [-0.05, 0) is 24.6 Å². The first-order valence-electron chi connectivity index (χ1n) is 5.17. The number of hydrogen-bond acceptors (Lipinski definition) is 3. The van der Waals surface area contributed by atoms with Gasteiger partial charge in [-0.1, -0.05) is 19.1 Å². The first-order chi connectivity index (χ1) is 8.11. The lowest BCUT2D eigenvalue weighted by atomic mass is 10.3. The van der Waals surface area contributed by atoms with Gasteiger partial charge in [-0.15, -0.1) is 0 Å². The third-order valence-corrected chi connectivity index (χ3v) is 2.77. The van der Waals surface area contributed by atoms with Crippen molar-refractivity contribution in [3.63, 3.8) is 0 Å². The Morgan fingerprint density at radius 1 is 1.41 bits per heavy atom. The third-order valence-electron chi connectivity index (χ3n) is 2.47. The van der Waals surface area contributed by atoms with E-state index in [0.29, 0.717) is 4.64 Å². The van der Waals surface area contributed by atoms with Gasteiger partial charge in [0.25, 0.3) is 5.69 Å². The normalized spacial score (nSPS) is 10.4. The highest BCUT2D eigenvalue weighted by Gasteiger charge is 2.06. The summed E-state index contributed by atoms with van der Waals surface area (Å²) in [5, 5.41) is 13.7. The molecule has 0 amide bonds. The van der Waals surface area contributed by atoms with E-state index in [-0.39, 0.29) is 5.69 Å². The zero-order valence-corrected chi connectivity index (χ0v) is 10.0. The Kier molecular flexibility index (Phi) is 3.06. The second kappa shape index (κ2) is 4.50. The second-order valence-electron chi connectivity index (χ2n) is 3.58. The van der Waals surface area contributed by atoms with E-state index < -0.39 is 4.92 Å². The van der Waals surface area contributed by atoms with Crippen LogP contribution in [-0.4, -0.2) is 14.7 Å². The van der Waals surface area contributed by atoms with Crippen molar-refractivity contribution in [2.45, 2.75) is 13.3 Å². The van der Waals surface area contributed by atoms with Crippen LogP contribution in [0.15, 0.2) is 30.3 Å². The highest BCUT2D eigenvalue weighted by atomic mass is 32.1. The number of aromatic amines is 1. The van der Waals surface area contributed by atoms with Crippen LogP contribution in [0.1, 0.15) is 12.6 Å². The number of rotatable bonds is 3. The van der Waals surface area contributed by atoms with Crippen LogP contribution in [0.2, 0.25) is 0 Å². The molecule has 5 nitrogen and oxygen atoms in total. The molecule has 1 aromatic heterocycles. The van der Waals surface area contributed by atoms with Crippen molar-refractivity contribution in [2.75, 3.05) is 0 Å². The molecule has 2 rings (SSSR count). The maximum absolute atomic E-state index is 10.5. The molecule has 6 heteroatoms. The fourth-order valence-electron chi connectivity index (χ4n) is 1.54. The van der Waals surface area contributed by atoms with Crippen LogP contribution in [-0.2, 0) is 6.42 Å². The van der Waals surface area contributed by atoms with Gasteiger partial charge < -0.3 is 0 Å². The van der Waals surface area contributed by atoms with Gasteiger partial charge >= 0.3 is 0 Å². The topological polar surface area (TPSA) is 63.9 Å². The summed E-state index contributed by atoms with van der Waals surface area (Å²) in [5.41, 5.74) is 1.90. The van der Waals surface area contributed by atoms with E-state index in [2.05, 4.69) is 5.10 Å². The summed E-state index contributed by atoms with van der Waals surface area (Å²) >= 11 is 5.20. The number of aromatic nitrogens is 2. The highest BCUT2D eigenvalue weighted by molar-refractivity contribution is 7.71. The molecular weight excluding hydrogens is 238 g/mol. The molecule has 0 atom stereocenters. The smallest absolute Gasteiger partial charge is 0.269 e. The van der Waals surface area contributed by atoms with Gasteiger partial charge in [0.05, 0.1) is 10.6 Å². The maximum atomic E-state index is 10.5. The van der Waals surface area contributed by atoms with E-state index in [1.807, 2.05) is 13.0 Å². The van der Waals surface area contributed by atoms with E-state index in [1.54, 1.807) is 16.8 Å². The van der Waals surface area contributed by atoms with Crippen molar-refractivity contribution in [2.24, 2.45) is 0 Å². The number of nitrogens with zero attached hydrogens (tertiary/aromatic N) is 2. The molecule has 0 aliphatic rings. The molecule has 0 aliphatic heterocycles. The van der Waals surface area contributed by atoms with Gasteiger partial charge in [0.2, 0.25) is 0 Å². The highest BCUT2D eigenvalue weighted by Crippen LogP contribution is 2.15. The molecule has 0 bridgehead atoms. The summed E-state index contributed by atoms with van der Waals surface area (Å²) < 4.78 is 2.40. The van der Waals surface area contributed by atoms with Crippen LogP contribution in [0.3, 0.4) is 0 Å². The van der Waals surface area contributed by atoms with E-state index in [4.69, 9.17) is 12.2 Å². The molecule has 88 valence electrons. The summed E-state index contributed by atoms with van der Waals surface area (Å²) in [7, 11) is 0. The molecule has 1 heterocycles. The molecule has 0 fully saturated rings. The molecule has 1 N–H and O–H groups in total. The monoisotopic (exact) mass is 249 g/mol. The van der Waals surface area contributed by atoms with Gasteiger partial charge in [0.15, 0.2) is 0 Å². The Balaban J connectivity index is 2.42. The molecule has 0 spiro atoms. The summed E-state index contributed by atoms with van der Waals surface area (Å²) in [5.74, 6) is 0. The van der Waals surface area contributed by atoms with E-state index in [0.717, 1.165) is 17.8 Å². The Bertz CT molecular complexity index is 598. The first kappa shape index (κ1) is 11.5. The van der Waals surface area contributed by atoms with Crippen LogP contribution in [0.4, 0.5) is 5.69 Å². The fourth-order valence-corrected chi connectivity index (χ4v) is 1.83. The molecule has 0 aliphatic carbocycles. The van der Waals surface area contributed by atoms with Gasteiger partial charge in [0, 0.05) is 17.8 Å². The van der Waals surface area contributed by atoms with Crippen molar-refractivity contribution >= 4 is 17.9 Å². The van der Waals surface area contributed by atoms with E-state index >= 15 is 0 Å². The number of nitro benzene ring substituents is 1. The number of nitrogens with one attached hydrogen (secondary N) is 1. The van der Waals surface area contributed by atoms with E-state index in [1.165, 1.54) is 12.1 Å². The Hall–Kier alpha value is -1.95. The van der Waals surface area contributed by atoms with Crippen LogP contribution >= 0.6 is 12.2 Å². The number of H-pyrrole nitrogens is 1. The van der Waals surface area contributed by atoms with Crippen molar-refractivity contribution < 1.29 is 4.92 Å². The van der Waals surface area contributed by atoms with Crippen molar-refractivity contribution in [3.05, 3.63) is 50.8 Å². The van der Waals surface area contributed by atoms with Crippen LogP contribution in [0.25, 0.3) is 5.69 Å².